The molecular weight excluding hydrogens is 258 g/mol. The summed E-state index contributed by atoms with van der Waals surface area (Å²) >= 11 is 6.24. The number of nitrogens with zero attached hydrogens (tertiary/aromatic N) is 2. The SMILES string of the molecule is Cc1ccc(C(N)c2c(Cl)cnn2C(C)C)cc1C. The van der Waals surface area contributed by atoms with Crippen LogP contribution < -0.4 is 5.73 Å². The van der Waals surface area contributed by atoms with Crippen molar-refractivity contribution in [1.29, 1.82) is 0 Å². The van der Waals surface area contributed by atoms with Crippen LogP contribution in [0.3, 0.4) is 0 Å². The monoisotopic (exact) mass is 277 g/mol. The van der Waals surface area contributed by atoms with Crippen LogP contribution in [0.15, 0.2) is 24.4 Å². The summed E-state index contributed by atoms with van der Waals surface area (Å²) in [5.41, 5.74) is 10.8. The summed E-state index contributed by atoms with van der Waals surface area (Å²) in [6.45, 7) is 8.32. The highest BCUT2D eigenvalue weighted by molar-refractivity contribution is 6.31. The maximum absolute atomic E-state index is 6.37. The van der Waals surface area contributed by atoms with E-state index in [-0.39, 0.29) is 12.1 Å². The number of halogens is 1. The maximum atomic E-state index is 6.37. The summed E-state index contributed by atoms with van der Waals surface area (Å²) in [6, 6.07) is 6.25. The Morgan fingerprint density at radius 2 is 1.89 bits per heavy atom. The van der Waals surface area contributed by atoms with Gasteiger partial charge in [-0.05, 0) is 44.4 Å². The van der Waals surface area contributed by atoms with Crippen LogP contribution in [0.1, 0.15) is 48.3 Å². The zero-order chi connectivity index (χ0) is 14.2. The van der Waals surface area contributed by atoms with Crippen molar-refractivity contribution in [2.45, 2.75) is 39.8 Å². The summed E-state index contributed by atoms with van der Waals surface area (Å²) in [6.07, 6.45) is 1.66. The third-order valence-electron chi connectivity index (χ3n) is 3.46. The van der Waals surface area contributed by atoms with Crippen LogP contribution in [-0.2, 0) is 0 Å². The fraction of sp³-hybridized carbons (Fsp3) is 0.400. The van der Waals surface area contributed by atoms with Crippen molar-refractivity contribution in [2.24, 2.45) is 5.73 Å². The highest BCUT2D eigenvalue weighted by Crippen LogP contribution is 2.29. The van der Waals surface area contributed by atoms with Crippen LogP contribution in [0.2, 0.25) is 5.02 Å². The van der Waals surface area contributed by atoms with E-state index in [0.717, 1.165) is 11.3 Å². The first-order chi connectivity index (χ1) is 8.91. The zero-order valence-electron chi connectivity index (χ0n) is 11.8. The first-order valence-corrected chi connectivity index (χ1v) is 6.85. The Balaban J connectivity index is 2.46. The molecule has 0 saturated heterocycles. The molecule has 1 atom stereocenters. The number of aryl methyl sites for hydroxylation is 2. The lowest BCUT2D eigenvalue weighted by atomic mass is 9.99. The Morgan fingerprint density at radius 1 is 1.21 bits per heavy atom. The van der Waals surface area contributed by atoms with Gasteiger partial charge in [0.05, 0.1) is 23.0 Å². The number of rotatable bonds is 3. The molecule has 3 nitrogen and oxygen atoms in total. The summed E-state index contributed by atoms with van der Waals surface area (Å²) in [5, 5.41) is 4.93. The lowest BCUT2D eigenvalue weighted by Crippen LogP contribution is -2.19. The quantitative estimate of drug-likeness (QED) is 0.928. The topological polar surface area (TPSA) is 43.8 Å². The molecule has 2 aromatic rings. The van der Waals surface area contributed by atoms with Gasteiger partial charge in [-0.15, -0.1) is 0 Å². The molecule has 0 saturated carbocycles. The number of benzene rings is 1. The molecule has 1 unspecified atom stereocenters. The van der Waals surface area contributed by atoms with Crippen molar-refractivity contribution < 1.29 is 0 Å². The van der Waals surface area contributed by atoms with E-state index in [1.807, 2.05) is 4.68 Å². The second-order valence-electron chi connectivity index (χ2n) is 5.24. The van der Waals surface area contributed by atoms with Crippen LogP contribution >= 0.6 is 11.6 Å². The minimum atomic E-state index is -0.253. The number of nitrogens with two attached hydrogens (primary N) is 1. The van der Waals surface area contributed by atoms with Crippen molar-refractivity contribution in [2.75, 3.05) is 0 Å². The second kappa shape index (κ2) is 5.35. The van der Waals surface area contributed by atoms with Gasteiger partial charge >= 0.3 is 0 Å². The second-order valence-corrected chi connectivity index (χ2v) is 5.64. The molecule has 0 aliphatic heterocycles. The summed E-state index contributed by atoms with van der Waals surface area (Å²) in [7, 11) is 0. The van der Waals surface area contributed by atoms with E-state index in [4.69, 9.17) is 17.3 Å². The molecule has 1 heterocycles. The summed E-state index contributed by atoms with van der Waals surface area (Å²) in [4.78, 5) is 0. The predicted molar refractivity (Wildman–Crippen MR) is 79.6 cm³/mol. The zero-order valence-corrected chi connectivity index (χ0v) is 12.6. The molecule has 19 heavy (non-hydrogen) atoms. The van der Waals surface area contributed by atoms with Crippen molar-refractivity contribution in [3.63, 3.8) is 0 Å². The van der Waals surface area contributed by atoms with E-state index in [2.05, 4.69) is 51.0 Å². The lowest BCUT2D eigenvalue weighted by molar-refractivity contribution is 0.499. The molecule has 4 heteroatoms. The number of hydrogen-bond donors (Lipinski definition) is 1. The molecular formula is C15H20ClN3. The predicted octanol–water partition coefficient (Wildman–Crippen LogP) is 3.78. The molecule has 0 spiro atoms. The van der Waals surface area contributed by atoms with Gasteiger partial charge < -0.3 is 5.73 Å². The summed E-state index contributed by atoms with van der Waals surface area (Å²) < 4.78 is 1.89. The van der Waals surface area contributed by atoms with Gasteiger partial charge in [-0.3, -0.25) is 4.68 Å². The third kappa shape index (κ3) is 2.67. The Morgan fingerprint density at radius 3 is 2.47 bits per heavy atom. The fourth-order valence-corrected chi connectivity index (χ4v) is 2.42. The van der Waals surface area contributed by atoms with Crippen LogP contribution in [-0.4, -0.2) is 9.78 Å². The average Bonchev–Trinajstić information content (AvgIpc) is 2.74. The third-order valence-corrected chi connectivity index (χ3v) is 3.75. The van der Waals surface area contributed by atoms with Crippen LogP contribution in [0.5, 0.6) is 0 Å². The first-order valence-electron chi connectivity index (χ1n) is 6.47. The maximum Gasteiger partial charge on any atom is 0.0837 e. The standard InChI is InChI=1S/C15H20ClN3/c1-9(2)19-15(13(16)8-18-19)14(17)12-6-5-10(3)11(4)7-12/h5-9,14H,17H2,1-4H3. The number of hydrogen-bond acceptors (Lipinski definition) is 2. The summed E-state index contributed by atoms with van der Waals surface area (Å²) in [5.74, 6) is 0. The molecule has 0 aliphatic carbocycles. The van der Waals surface area contributed by atoms with Crippen molar-refractivity contribution >= 4 is 11.6 Å². The van der Waals surface area contributed by atoms with Gasteiger partial charge in [0.1, 0.15) is 0 Å². The molecule has 0 aliphatic rings. The molecule has 0 amide bonds. The first kappa shape index (κ1) is 14.1. The highest BCUT2D eigenvalue weighted by atomic mass is 35.5. The van der Waals surface area contributed by atoms with Gasteiger partial charge in [-0.25, -0.2) is 0 Å². The van der Waals surface area contributed by atoms with E-state index in [9.17, 15) is 0 Å². The number of aromatic nitrogens is 2. The molecule has 1 aromatic heterocycles. The van der Waals surface area contributed by atoms with Crippen LogP contribution in [0.25, 0.3) is 0 Å². The molecule has 0 radical (unpaired) electrons. The minimum absolute atomic E-state index is 0.236. The van der Waals surface area contributed by atoms with E-state index in [1.165, 1.54) is 11.1 Å². The normalized spacial score (nSPS) is 13.0. The van der Waals surface area contributed by atoms with Crippen LogP contribution in [0, 0.1) is 13.8 Å². The molecule has 2 rings (SSSR count). The highest BCUT2D eigenvalue weighted by Gasteiger charge is 2.20. The lowest BCUT2D eigenvalue weighted by Gasteiger charge is -2.18. The minimum Gasteiger partial charge on any atom is -0.319 e. The molecule has 102 valence electrons. The van der Waals surface area contributed by atoms with Crippen molar-refractivity contribution in [3.05, 3.63) is 51.8 Å². The van der Waals surface area contributed by atoms with Gasteiger partial charge in [-0.2, -0.15) is 5.10 Å². The Bertz CT molecular complexity index is 587. The molecule has 2 N–H and O–H groups in total. The van der Waals surface area contributed by atoms with E-state index < -0.39 is 0 Å². The van der Waals surface area contributed by atoms with Gasteiger partial charge in [0.25, 0.3) is 0 Å². The van der Waals surface area contributed by atoms with Crippen LogP contribution in [0.4, 0.5) is 0 Å². The molecule has 1 aromatic carbocycles. The average molecular weight is 278 g/mol. The smallest absolute Gasteiger partial charge is 0.0837 e. The largest absolute Gasteiger partial charge is 0.319 e. The Hall–Kier alpha value is -1.32. The Kier molecular flexibility index (Phi) is 3.97. The van der Waals surface area contributed by atoms with E-state index in [1.54, 1.807) is 6.20 Å². The van der Waals surface area contributed by atoms with Crippen molar-refractivity contribution in [3.8, 4) is 0 Å². The van der Waals surface area contributed by atoms with Gasteiger partial charge in [0.15, 0.2) is 0 Å². The molecule has 0 bridgehead atoms. The van der Waals surface area contributed by atoms with Gasteiger partial charge in [-0.1, -0.05) is 29.8 Å². The van der Waals surface area contributed by atoms with Crippen molar-refractivity contribution in [1.82, 2.24) is 9.78 Å². The van der Waals surface area contributed by atoms with Gasteiger partial charge in [0.2, 0.25) is 0 Å². The van der Waals surface area contributed by atoms with Gasteiger partial charge in [0, 0.05) is 6.04 Å². The molecule has 0 fully saturated rings. The fourth-order valence-electron chi connectivity index (χ4n) is 2.17. The van der Waals surface area contributed by atoms with E-state index in [0.29, 0.717) is 5.02 Å². The van der Waals surface area contributed by atoms with E-state index >= 15 is 0 Å². The Labute approximate surface area is 119 Å².